The summed E-state index contributed by atoms with van der Waals surface area (Å²) in [5, 5.41) is 3.36. The summed E-state index contributed by atoms with van der Waals surface area (Å²) in [7, 11) is 0. The highest BCUT2D eigenvalue weighted by molar-refractivity contribution is 9.10. The first-order valence-corrected chi connectivity index (χ1v) is 7.11. The van der Waals surface area contributed by atoms with Crippen LogP contribution >= 0.6 is 15.9 Å². The molecule has 0 saturated carbocycles. The molecule has 102 valence electrons. The van der Waals surface area contributed by atoms with Crippen molar-refractivity contribution in [3.63, 3.8) is 0 Å². The van der Waals surface area contributed by atoms with Crippen LogP contribution in [0.4, 0.5) is 0 Å². The van der Waals surface area contributed by atoms with Gasteiger partial charge in [0.25, 0.3) is 0 Å². The summed E-state index contributed by atoms with van der Waals surface area (Å²) in [5.41, 5.74) is 2.31. The Morgan fingerprint density at radius 2 is 2.05 bits per heavy atom. The molecule has 0 saturated heterocycles. The van der Waals surface area contributed by atoms with E-state index in [0.29, 0.717) is 12.4 Å². The fourth-order valence-corrected chi connectivity index (χ4v) is 2.24. The van der Waals surface area contributed by atoms with Crippen LogP contribution in [0.1, 0.15) is 32.2 Å². The van der Waals surface area contributed by atoms with Gasteiger partial charge in [0.05, 0.1) is 12.7 Å². The Morgan fingerprint density at radius 1 is 1.32 bits per heavy atom. The third-order valence-electron chi connectivity index (χ3n) is 2.78. The molecule has 0 unspecified atom stereocenters. The van der Waals surface area contributed by atoms with E-state index in [2.05, 4.69) is 60.0 Å². The second kappa shape index (κ2) is 5.47. The molecule has 4 heteroatoms. The summed E-state index contributed by atoms with van der Waals surface area (Å²) in [5.74, 6) is 1.53. The molecule has 2 aromatic rings. The summed E-state index contributed by atoms with van der Waals surface area (Å²) in [6.45, 7) is 9.07. The standard InChI is InChI=1S/C15H19BrN2O/c1-10-7-11(16)5-6-12(10)13-8-17-14(19-13)9-18-15(2,3)4/h5-8,18H,9H2,1-4H3. The van der Waals surface area contributed by atoms with Crippen molar-refractivity contribution in [3.8, 4) is 11.3 Å². The highest BCUT2D eigenvalue weighted by Gasteiger charge is 2.12. The average Bonchev–Trinajstić information content (AvgIpc) is 2.74. The van der Waals surface area contributed by atoms with Crippen LogP contribution in [0.15, 0.2) is 33.3 Å². The zero-order chi connectivity index (χ0) is 14.0. The maximum absolute atomic E-state index is 5.80. The molecule has 1 aromatic heterocycles. The van der Waals surface area contributed by atoms with Crippen molar-refractivity contribution in [1.82, 2.24) is 10.3 Å². The molecule has 0 fully saturated rings. The quantitative estimate of drug-likeness (QED) is 0.915. The molecule has 0 bridgehead atoms. The molecule has 0 radical (unpaired) electrons. The van der Waals surface area contributed by atoms with E-state index in [9.17, 15) is 0 Å². The summed E-state index contributed by atoms with van der Waals surface area (Å²) in [4.78, 5) is 4.32. The Bertz CT molecular complexity index is 570. The number of nitrogens with one attached hydrogen (secondary N) is 1. The van der Waals surface area contributed by atoms with E-state index < -0.39 is 0 Å². The van der Waals surface area contributed by atoms with E-state index in [1.165, 1.54) is 5.56 Å². The highest BCUT2D eigenvalue weighted by atomic mass is 79.9. The van der Waals surface area contributed by atoms with Crippen LogP contribution in [0.5, 0.6) is 0 Å². The van der Waals surface area contributed by atoms with Crippen molar-refractivity contribution < 1.29 is 4.42 Å². The Hall–Kier alpha value is -1.13. The Morgan fingerprint density at radius 3 is 2.68 bits per heavy atom. The van der Waals surface area contributed by atoms with Gasteiger partial charge in [0, 0.05) is 15.6 Å². The lowest BCUT2D eigenvalue weighted by molar-refractivity contribution is 0.383. The maximum Gasteiger partial charge on any atom is 0.208 e. The highest BCUT2D eigenvalue weighted by Crippen LogP contribution is 2.26. The Labute approximate surface area is 122 Å². The van der Waals surface area contributed by atoms with E-state index in [1.807, 2.05) is 12.1 Å². The zero-order valence-corrected chi connectivity index (χ0v) is 13.3. The summed E-state index contributed by atoms with van der Waals surface area (Å²) < 4.78 is 6.87. The maximum atomic E-state index is 5.80. The lowest BCUT2D eigenvalue weighted by atomic mass is 10.1. The van der Waals surface area contributed by atoms with Crippen molar-refractivity contribution in [2.75, 3.05) is 0 Å². The van der Waals surface area contributed by atoms with Gasteiger partial charge in [0.15, 0.2) is 5.76 Å². The van der Waals surface area contributed by atoms with Crippen LogP contribution in [-0.4, -0.2) is 10.5 Å². The third kappa shape index (κ3) is 3.91. The second-order valence-corrected chi connectivity index (χ2v) is 6.60. The van der Waals surface area contributed by atoms with Crippen LogP contribution in [0.25, 0.3) is 11.3 Å². The first-order valence-electron chi connectivity index (χ1n) is 6.31. The van der Waals surface area contributed by atoms with Crippen molar-refractivity contribution in [3.05, 3.63) is 40.3 Å². The number of halogens is 1. The van der Waals surface area contributed by atoms with E-state index in [0.717, 1.165) is 15.8 Å². The predicted molar refractivity (Wildman–Crippen MR) is 81.0 cm³/mol. The first kappa shape index (κ1) is 14.3. The van der Waals surface area contributed by atoms with Gasteiger partial charge in [0.2, 0.25) is 5.89 Å². The van der Waals surface area contributed by atoms with E-state index in [1.54, 1.807) is 6.20 Å². The van der Waals surface area contributed by atoms with Crippen molar-refractivity contribution in [2.24, 2.45) is 0 Å². The number of hydrogen-bond acceptors (Lipinski definition) is 3. The molecule has 0 aliphatic rings. The molecule has 19 heavy (non-hydrogen) atoms. The van der Waals surface area contributed by atoms with Gasteiger partial charge in [-0.05, 0) is 51.5 Å². The van der Waals surface area contributed by atoms with Crippen LogP contribution in [0.2, 0.25) is 0 Å². The third-order valence-corrected chi connectivity index (χ3v) is 3.27. The minimum absolute atomic E-state index is 0.0577. The van der Waals surface area contributed by atoms with E-state index >= 15 is 0 Å². The molecule has 1 aromatic carbocycles. The predicted octanol–water partition coefficient (Wildman–Crippen LogP) is 4.30. The monoisotopic (exact) mass is 322 g/mol. The number of rotatable bonds is 3. The van der Waals surface area contributed by atoms with Gasteiger partial charge in [0.1, 0.15) is 0 Å². The number of nitrogens with zero attached hydrogens (tertiary/aromatic N) is 1. The number of aromatic nitrogens is 1. The summed E-state index contributed by atoms with van der Waals surface area (Å²) in [6, 6.07) is 6.13. The zero-order valence-electron chi connectivity index (χ0n) is 11.7. The summed E-state index contributed by atoms with van der Waals surface area (Å²) >= 11 is 3.46. The molecule has 2 rings (SSSR count). The fraction of sp³-hybridized carbons (Fsp3) is 0.400. The Balaban J connectivity index is 2.16. The minimum Gasteiger partial charge on any atom is -0.439 e. The van der Waals surface area contributed by atoms with E-state index in [4.69, 9.17) is 4.42 Å². The molecular formula is C15H19BrN2O. The van der Waals surface area contributed by atoms with Gasteiger partial charge in [-0.2, -0.15) is 0 Å². The lowest BCUT2D eigenvalue weighted by Gasteiger charge is -2.18. The number of benzene rings is 1. The largest absolute Gasteiger partial charge is 0.439 e. The van der Waals surface area contributed by atoms with Gasteiger partial charge >= 0.3 is 0 Å². The molecule has 0 aliphatic heterocycles. The van der Waals surface area contributed by atoms with Crippen molar-refractivity contribution >= 4 is 15.9 Å². The van der Waals surface area contributed by atoms with Crippen LogP contribution in [-0.2, 0) is 6.54 Å². The van der Waals surface area contributed by atoms with Crippen LogP contribution < -0.4 is 5.32 Å². The SMILES string of the molecule is Cc1cc(Br)ccc1-c1cnc(CNC(C)(C)C)o1. The number of aryl methyl sites for hydroxylation is 1. The van der Waals surface area contributed by atoms with E-state index in [-0.39, 0.29) is 5.54 Å². The van der Waals surface area contributed by atoms with Crippen LogP contribution in [0.3, 0.4) is 0 Å². The average molecular weight is 323 g/mol. The van der Waals surface area contributed by atoms with Gasteiger partial charge in [-0.25, -0.2) is 4.98 Å². The second-order valence-electron chi connectivity index (χ2n) is 5.68. The molecule has 3 nitrogen and oxygen atoms in total. The molecule has 0 amide bonds. The first-order chi connectivity index (χ1) is 8.85. The van der Waals surface area contributed by atoms with Crippen molar-refractivity contribution in [2.45, 2.75) is 39.8 Å². The van der Waals surface area contributed by atoms with Crippen molar-refractivity contribution in [1.29, 1.82) is 0 Å². The van der Waals surface area contributed by atoms with Gasteiger partial charge in [-0.3, -0.25) is 0 Å². The van der Waals surface area contributed by atoms with Gasteiger partial charge < -0.3 is 9.73 Å². The molecule has 1 N–H and O–H groups in total. The molecular weight excluding hydrogens is 304 g/mol. The number of oxazole rings is 1. The topological polar surface area (TPSA) is 38.1 Å². The summed E-state index contributed by atoms with van der Waals surface area (Å²) in [6.07, 6.45) is 1.79. The molecule has 0 atom stereocenters. The Kier molecular flexibility index (Phi) is 4.11. The smallest absolute Gasteiger partial charge is 0.208 e. The number of hydrogen-bond donors (Lipinski definition) is 1. The normalized spacial score (nSPS) is 11.8. The lowest BCUT2D eigenvalue weighted by Crippen LogP contribution is -2.35. The van der Waals surface area contributed by atoms with Gasteiger partial charge in [-0.15, -0.1) is 0 Å². The molecule has 0 aliphatic carbocycles. The fourth-order valence-electron chi connectivity index (χ4n) is 1.76. The minimum atomic E-state index is 0.0577. The molecule has 0 spiro atoms. The molecule has 1 heterocycles. The van der Waals surface area contributed by atoms with Crippen LogP contribution in [0, 0.1) is 6.92 Å². The van der Waals surface area contributed by atoms with Gasteiger partial charge in [-0.1, -0.05) is 15.9 Å².